The average Bonchev–Trinajstić information content (AvgIpc) is 3.15. The second-order valence-electron chi connectivity index (χ2n) is 7.42. The van der Waals surface area contributed by atoms with Crippen LogP contribution in [-0.4, -0.2) is 32.5 Å². The molecular weight excluding hydrogens is 364 g/mol. The van der Waals surface area contributed by atoms with E-state index in [4.69, 9.17) is 4.74 Å². The van der Waals surface area contributed by atoms with E-state index >= 15 is 0 Å². The van der Waals surface area contributed by atoms with Crippen LogP contribution in [0.2, 0.25) is 0 Å². The number of carbonyl (C=O) groups is 1. The summed E-state index contributed by atoms with van der Waals surface area (Å²) in [4.78, 5) is 22.2. The van der Waals surface area contributed by atoms with E-state index in [0.717, 1.165) is 22.6 Å². The van der Waals surface area contributed by atoms with Gasteiger partial charge in [0, 0.05) is 24.1 Å². The highest BCUT2D eigenvalue weighted by Gasteiger charge is 2.30. The molecule has 1 aliphatic carbocycles. The monoisotopic (exact) mass is 384 g/mol. The molecule has 144 valence electrons. The molecule has 1 atom stereocenters. The molecule has 0 aliphatic heterocycles. The molecule has 0 saturated heterocycles. The second kappa shape index (κ2) is 6.81. The van der Waals surface area contributed by atoms with Gasteiger partial charge in [0.2, 0.25) is 0 Å². The zero-order valence-corrected chi connectivity index (χ0v) is 16.3. The third-order valence-corrected chi connectivity index (χ3v) is 5.47. The van der Waals surface area contributed by atoms with E-state index < -0.39 is 0 Å². The van der Waals surface area contributed by atoms with E-state index in [0.29, 0.717) is 30.0 Å². The van der Waals surface area contributed by atoms with Crippen LogP contribution in [0.5, 0.6) is 5.75 Å². The minimum atomic E-state index is 0.0422. The van der Waals surface area contributed by atoms with Crippen molar-refractivity contribution in [3.8, 4) is 17.1 Å². The van der Waals surface area contributed by atoms with Crippen molar-refractivity contribution in [3.63, 3.8) is 0 Å². The minimum absolute atomic E-state index is 0.0422. The van der Waals surface area contributed by atoms with Crippen molar-refractivity contribution in [2.24, 2.45) is 0 Å². The van der Waals surface area contributed by atoms with Crippen molar-refractivity contribution in [2.75, 3.05) is 7.11 Å². The summed E-state index contributed by atoms with van der Waals surface area (Å²) in [5.74, 6) is 2.03. The number of aryl methyl sites for hydroxylation is 1. The second-order valence-corrected chi connectivity index (χ2v) is 7.42. The number of carbonyl (C=O) groups excluding carboxylic acids is 1. The molecule has 0 radical (unpaired) electrons. The number of methoxy groups -OCH3 is 1. The number of aromatic nitrogens is 4. The Kier molecular flexibility index (Phi) is 4.12. The van der Waals surface area contributed by atoms with E-state index in [2.05, 4.69) is 15.1 Å². The van der Waals surface area contributed by atoms with Crippen molar-refractivity contribution in [1.82, 2.24) is 19.6 Å². The summed E-state index contributed by atoms with van der Waals surface area (Å²) < 4.78 is 7.10. The fourth-order valence-electron chi connectivity index (χ4n) is 3.93. The number of hydrogen-bond acceptors (Lipinski definition) is 5. The number of nitrogens with zero attached hydrogens (tertiary/aromatic N) is 4. The first-order valence-corrected chi connectivity index (χ1v) is 9.62. The zero-order valence-electron chi connectivity index (χ0n) is 16.3. The van der Waals surface area contributed by atoms with Gasteiger partial charge in [-0.3, -0.25) is 4.79 Å². The van der Waals surface area contributed by atoms with Gasteiger partial charge < -0.3 is 4.74 Å². The van der Waals surface area contributed by atoms with E-state index in [9.17, 15) is 4.79 Å². The SMILES string of the molecule is COc1ccccc1C1CC(=O)c2cn3nc(-c4ccc(C)cc4)nc3nc2C1. The Hall–Kier alpha value is -3.54. The highest BCUT2D eigenvalue weighted by atomic mass is 16.5. The maximum atomic E-state index is 12.9. The molecular formula is C23H20N4O2. The molecule has 6 heteroatoms. The van der Waals surface area contributed by atoms with Gasteiger partial charge >= 0.3 is 0 Å². The molecule has 0 N–H and O–H groups in total. The molecule has 5 rings (SSSR count). The van der Waals surface area contributed by atoms with Gasteiger partial charge in [0.15, 0.2) is 11.6 Å². The van der Waals surface area contributed by atoms with Gasteiger partial charge in [-0.25, -0.2) is 9.50 Å². The van der Waals surface area contributed by atoms with Crippen molar-refractivity contribution in [2.45, 2.75) is 25.7 Å². The van der Waals surface area contributed by atoms with Crippen molar-refractivity contribution >= 4 is 11.6 Å². The molecule has 6 nitrogen and oxygen atoms in total. The first-order valence-electron chi connectivity index (χ1n) is 9.62. The van der Waals surface area contributed by atoms with Crippen LogP contribution < -0.4 is 4.74 Å². The number of fused-ring (bicyclic) bond motifs is 2. The van der Waals surface area contributed by atoms with E-state index in [1.807, 2.05) is 55.5 Å². The Balaban J connectivity index is 1.55. The van der Waals surface area contributed by atoms with Crippen LogP contribution in [0, 0.1) is 6.92 Å². The highest BCUT2D eigenvalue weighted by Crippen LogP contribution is 2.36. The quantitative estimate of drug-likeness (QED) is 0.534. The van der Waals surface area contributed by atoms with Crippen LogP contribution in [0.1, 0.15) is 39.5 Å². The lowest BCUT2D eigenvalue weighted by Crippen LogP contribution is -2.21. The van der Waals surface area contributed by atoms with Crippen LogP contribution in [0.3, 0.4) is 0 Å². The minimum Gasteiger partial charge on any atom is -0.496 e. The number of para-hydroxylation sites is 1. The summed E-state index contributed by atoms with van der Waals surface area (Å²) in [6.45, 7) is 2.04. The largest absolute Gasteiger partial charge is 0.496 e. The van der Waals surface area contributed by atoms with Crippen LogP contribution in [0.15, 0.2) is 54.7 Å². The number of ketones is 1. The van der Waals surface area contributed by atoms with Crippen LogP contribution in [0.25, 0.3) is 17.2 Å². The summed E-state index contributed by atoms with van der Waals surface area (Å²) in [5, 5.41) is 4.53. The number of benzene rings is 2. The molecule has 2 heterocycles. The summed E-state index contributed by atoms with van der Waals surface area (Å²) >= 11 is 0. The van der Waals surface area contributed by atoms with Gasteiger partial charge in [-0.15, -0.1) is 5.10 Å². The van der Waals surface area contributed by atoms with Crippen molar-refractivity contribution < 1.29 is 9.53 Å². The maximum absolute atomic E-state index is 12.9. The number of Topliss-reactive ketones (excluding diaryl/α,β-unsaturated/α-hetero) is 1. The Morgan fingerprint density at radius 1 is 1.03 bits per heavy atom. The molecule has 0 fully saturated rings. The van der Waals surface area contributed by atoms with Crippen molar-refractivity contribution in [1.29, 1.82) is 0 Å². The standard InChI is InChI=1S/C23H20N4O2/c1-14-7-9-15(10-8-14)22-25-23-24-19-11-16(17-5-3-4-6-21(17)29-2)12-20(28)18(19)13-27(23)26-22/h3-10,13,16H,11-12H2,1-2H3. The van der Waals surface area contributed by atoms with Crippen molar-refractivity contribution in [3.05, 3.63) is 77.1 Å². The topological polar surface area (TPSA) is 69.4 Å². The lowest BCUT2D eigenvalue weighted by Gasteiger charge is -2.24. The predicted molar refractivity (Wildman–Crippen MR) is 109 cm³/mol. The fraction of sp³-hybridized carbons (Fsp3) is 0.217. The van der Waals surface area contributed by atoms with Gasteiger partial charge in [-0.2, -0.15) is 4.98 Å². The molecule has 0 amide bonds. The highest BCUT2D eigenvalue weighted by molar-refractivity contribution is 5.98. The van der Waals surface area contributed by atoms with Gasteiger partial charge in [-0.1, -0.05) is 48.0 Å². The first kappa shape index (κ1) is 17.6. The molecule has 0 saturated carbocycles. The van der Waals surface area contributed by atoms with Gasteiger partial charge in [0.05, 0.1) is 18.4 Å². The summed E-state index contributed by atoms with van der Waals surface area (Å²) in [5.41, 5.74) is 4.55. The summed E-state index contributed by atoms with van der Waals surface area (Å²) in [7, 11) is 1.65. The van der Waals surface area contributed by atoms with Gasteiger partial charge in [0.25, 0.3) is 5.78 Å². The lowest BCUT2D eigenvalue weighted by molar-refractivity contribution is 0.0962. The third-order valence-electron chi connectivity index (χ3n) is 5.47. The van der Waals surface area contributed by atoms with Crippen LogP contribution in [-0.2, 0) is 6.42 Å². The number of hydrogen-bond donors (Lipinski definition) is 0. The Morgan fingerprint density at radius 3 is 2.62 bits per heavy atom. The lowest BCUT2D eigenvalue weighted by atomic mass is 9.82. The Bertz CT molecular complexity index is 1230. The van der Waals surface area contributed by atoms with Crippen LogP contribution >= 0.6 is 0 Å². The summed E-state index contributed by atoms with van der Waals surface area (Å²) in [6.07, 6.45) is 2.87. The van der Waals surface area contributed by atoms with E-state index in [-0.39, 0.29) is 11.7 Å². The van der Waals surface area contributed by atoms with E-state index in [1.165, 1.54) is 5.56 Å². The zero-order chi connectivity index (χ0) is 20.0. The molecule has 2 aromatic carbocycles. The van der Waals surface area contributed by atoms with E-state index in [1.54, 1.807) is 17.8 Å². The molecule has 0 spiro atoms. The summed E-state index contributed by atoms with van der Waals surface area (Å²) in [6, 6.07) is 15.9. The fourth-order valence-corrected chi connectivity index (χ4v) is 3.93. The number of ether oxygens (including phenoxy) is 1. The maximum Gasteiger partial charge on any atom is 0.252 e. The normalized spacial score (nSPS) is 16.1. The smallest absolute Gasteiger partial charge is 0.252 e. The van der Waals surface area contributed by atoms with Gasteiger partial charge in [0.1, 0.15) is 5.75 Å². The molecule has 4 aromatic rings. The molecule has 2 aromatic heterocycles. The Labute approximate surface area is 168 Å². The number of rotatable bonds is 3. The van der Waals surface area contributed by atoms with Gasteiger partial charge in [-0.05, 0) is 25.0 Å². The molecule has 1 aliphatic rings. The molecule has 1 unspecified atom stereocenters. The molecule has 0 bridgehead atoms. The van der Waals surface area contributed by atoms with Crippen LogP contribution in [0.4, 0.5) is 0 Å². The molecule has 29 heavy (non-hydrogen) atoms. The first-order chi connectivity index (χ1) is 14.1. The third kappa shape index (κ3) is 3.06. The average molecular weight is 384 g/mol. The predicted octanol–water partition coefficient (Wildman–Crippen LogP) is 4.02. The Morgan fingerprint density at radius 2 is 1.83 bits per heavy atom.